The van der Waals surface area contributed by atoms with Crippen molar-refractivity contribution in [3.63, 3.8) is 0 Å². The molecule has 3 N–H and O–H groups in total. The van der Waals surface area contributed by atoms with Gasteiger partial charge in [0, 0.05) is 43.3 Å². The standard InChI is InChI=1S/C19H20F3N3O2/c1-11-2-3-12(4-16(11)17-9-23-6-13(17)10-26)18(27)25-15-5-14(7-24-8-15)19(20,21)22/h2-5,7-8,13,17,23,26H,6,9-10H2,1H3,(H,25,27)/t13-,17+/m1/s1. The van der Waals surface area contributed by atoms with E-state index in [2.05, 4.69) is 15.6 Å². The lowest BCUT2D eigenvalue weighted by molar-refractivity contribution is -0.137. The first kappa shape index (κ1) is 19.3. The van der Waals surface area contributed by atoms with E-state index in [4.69, 9.17) is 0 Å². The van der Waals surface area contributed by atoms with Crippen LogP contribution >= 0.6 is 0 Å². The number of rotatable bonds is 4. The molecule has 5 nitrogen and oxygen atoms in total. The Labute approximate surface area is 154 Å². The second kappa shape index (κ2) is 7.66. The summed E-state index contributed by atoms with van der Waals surface area (Å²) in [6, 6.07) is 6.03. The number of aliphatic hydroxyl groups excluding tert-OH is 1. The minimum atomic E-state index is -4.53. The van der Waals surface area contributed by atoms with Gasteiger partial charge in [-0.1, -0.05) is 6.07 Å². The lowest BCUT2D eigenvalue weighted by Gasteiger charge is -2.20. The number of alkyl halides is 3. The van der Waals surface area contributed by atoms with Crippen molar-refractivity contribution in [2.75, 3.05) is 25.0 Å². The van der Waals surface area contributed by atoms with Gasteiger partial charge in [0.2, 0.25) is 0 Å². The molecule has 2 heterocycles. The van der Waals surface area contributed by atoms with Crippen LogP contribution in [0.5, 0.6) is 0 Å². The van der Waals surface area contributed by atoms with Crippen molar-refractivity contribution < 1.29 is 23.1 Å². The first-order valence-corrected chi connectivity index (χ1v) is 8.55. The van der Waals surface area contributed by atoms with E-state index in [0.29, 0.717) is 24.8 Å². The van der Waals surface area contributed by atoms with Crippen molar-refractivity contribution in [2.24, 2.45) is 5.92 Å². The third-order valence-electron chi connectivity index (χ3n) is 4.84. The van der Waals surface area contributed by atoms with E-state index in [9.17, 15) is 23.1 Å². The Morgan fingerprint density at radius 3 is 2.78 bits per heavy atom. The molecule has 1 aliphatic rings. The molecule has 8 heteroatoms. The van der Waals surface area contributed by atoms with E-state index in [1.807, 2.05) is 6.92 Å². The van der Waals surface area contributed by atoms with Gasteiger partial charge in [0.1, 0.15) is 0 Å². The highest BCUT2D eigenvalue weighted by molar-refractivity contribution is 6.04. The van der Waals surface area contributed by atoms with Gasteiger partial charge in [-0.05, 0) is 36.2 Å². The molecule has 1 aromatic carbocycles. The summed E-state index contributed by atoms with van der Waals surface area (Å²) in [5.74, 6) is -0.364. The number of nitrogens with one attached hydrogen (secondary N) is 2. The molecule has 3 rings (SSSR count). The lowest BCUT2D eigenvalue weighted by atomic mass is 9.86. The fourth-order valence-electron chi connectivity index (χ4n) is 3.34. The van der Waals surface area contributed by atoms with Gasteiger partial charge in [0.15, 0.2) is 0 Å². The zero-order chi connectivity index (χ0) is 19.6. The highest BCUT2D eigenvalue weighted by Crippen LogP contribution is 2.32. The van der Waals surface area contributed by atoms with Gasteiger partial charge in [-0.25, -0.2) is 0 Å². The molecular formula is C19H20F3N3O2. The maximum absolute atomic E-state index is 12.8. The van der Waals surface area contributed by atoms with Gasteiger partial charge in [-0.2, -0.15) is 13.2 Å². The topological polar surface area (TPSA) is 74.2 Å². The summed E-state index contributed by atoms with van der Waals surface area (Å²) in [6.45, 7) is 3.38. The molecule has 2 aromatic rings. The van der Waals surface area contributed by atoms with E-state index in [-0.39, 0.29) is 24.1 Å². The fourth-order valence-corrected chi connectivity index (χ4v) is 3.34. The molecule has 1 aromatic heterocycles. The number of halogens is 3. The molecule has 1 fully saturated rings. The Balaban J connectivity index is 1.83. The Morgan fingerprint density at radius 1 is 1.30 bits per heavy atom. The summed E-state index contributed by atoms with van der Waals surface area (Å²) >= 11 is 0. The van der Waals surface area contributed by atoms with Crippen LogP contribution in [0, 0.1) is 12.8 Å². The monoisotopic (exact) mass is 379 g/mol. The predicted molar refractivity (Wildman–Crippen MR) is 94.6 cm³/mol. The van der Waals surface area contributed by atoms with Crippen LogP contribution in [0.1, 0.15) is 33.0 Å². The number of nitrogens with zero attached hydrogens (tertiary/aromatic N) is 1. The number of aromatic nitrogens is 1. The highest BCUT2D eigenvalue weighted by Gasteiger charge is 2.31. The lowest BCUT2D eigenvalue weighted by Crippen LogP contribution is -2.18. The molecule has 0 radical (unpaired) electrons. The smallest absolute Gasteiger partial charge is 0.396 e. The molecule has 144 valence electrons. The first-order valence-electron chi connectivity index (χ1n) is 8.55. The van der Waals surface area contributed by atoms with Crippen molar-refractivity contribution >= 4 is 11.6 Å². The number of pyridine rings is 1. The summed E-state index contributed by atoms with van der Waals surface area (Å²) in [5.41, 5.74) is 1.35. The molecule has 0 saturated carbocycles. The molecule has 1 amide bonds. The Bertz CT molecular complexity index is 839. The number of aliphatic hydroxyl groups is 1. The van der Waals surface area contributed by atoms with Crippen LogP contribution in [0.2, 0.25) is 0 Å². The number of aryl methyl sites for hydroxylation is 1. The minimum absolute atomic E-state index is 0.0206. The number of anilines is 1. The molecule has 27 heavy (non-hydrogen) atoms. The average Bonchev–Trinajstić information content (AvgIpc) is 3.10. The van der Waals surface area contributed by atoms with Crippen LogP contribution in [-0.4, -0.2) is 35.7 Å². The first-order chi connectivity index (χ1) is 12.8. The Hall–Kier alpha value is -2.45. The summed E-state index contributed by atoms with van der Waals surface area (Å²) < 4.78 is 38.4. The zero-order valence-electron chi connectivity index (χ0n) is 14.7. The van der Waals surface area contributed by atoms with Gasteiger partial charge in [-0.3, -0.25) is 9.78 Å². The largest absolute Gasteiger partial charge is 0.417 e. The third-order valence-corrected chi connectivity index (χ3v) is 4.84. The van der Waals surface area contributed by atoms with Crippen LogP contribution in [0.25, 0.3) is 0 Å². The second-order valence-corrected chi connectivity index (χ2v) is 6.69. The SMILES string of the molecule is Cc1ccc(C(=O)Nc2cncc(C(F)(F)F)c2)cc1[C@H]1CNC[C@@H]1CO. The molecule has 0 unspecified atom stereocenters. The molecule has 0 aliphatic carbocycles. The Morgan fingerprint density at radius 2 is 2.07 bits per heavy atom. The number of benzene rings is 1. The summed E-state index contributed by atoms with van der Waals surface area (Å²) in [4.78, 5) is 16.1. The predicted octanol–water partition coefficient (Wildman–Crippen LogP) is 2.96. The van der Waals surface area contributed by atoms with Gasteiger partial charge in [0.05, 0.1) is 17.4 Å². The highest BCUT2D eigenvalue weighted by atomic mass is 19.4. The molecule has 0 bridgehead atoms. The molecule has 0 spiro atoms. The molecular weight excluding hydrogens is 359 g/mol. The number of hydrogen-bond donors (Lipinski definition) is 3. The van der Waals surface area contributed by atoms with Crippen molar-refractivity contribution in [2.45, 2.75) is 19.0 Å². The second-order valence-electron chi connectivity index (χ2n) is 6.69. The summed E-state index contributed by atoms with van der Waals surface area (Å²) in [7, 11) is 0. The van der Waals surface area contributed by atoms with Gasteiger partial charge in [0.25, 0.3) is 5.91 Å². The zero-order valence-corrected chi connectivity index (χ0v) is 14.7. The van der Waals surface area contributed by atoms with Crippen molar-refractivity contribution in [3.05, 3.63) is 58.9 Å². The number of carbonyl (C=O) groups is 1. The van der Waals surface area contributed by atoms with Crippen molar-refractivity contribution in [3.8, 4) is 0 Å². The van der Waals surface area contributed by atoms with Gasteiger partial charge < -0.3 is 15.7 Å². The summed E-state index contributed by atoms with van der Waals surface area (Å²) in [5, 5.41) is 15.2. The van der Waals surface area contributed by atoms with E-state index >= 15 is 0 Å². The minimum Gasteiger partial charge on any atom is -0.396 e. The van der Waals surface area contributed by atoms with Crippen LogP contribution in [0.4, 0.5) is 18.9 Å². The van der Waals surface area contributed by atoms with Crippen LogP contribution in [0.15, 0.2) is 36.7 Å². The van der Waals surface area contributed by atoms with Gasteiger partial charge in [-0.15, -0.1) is 0 Å². The Kier molecular flexibility index (Phi) is 5.48. The maximum atomic E-state index is 12.8. The number of carbonyl (C=O) groups excluding carboxylic acids is 1. The maximum Gasteiger partial charge on any atom is 0.417 e. The van der Waals surface area contributed by atoms with E-state index in [1.165, 1.54) is 6.20 Å². The van der Waals surface area contributed by atoms with Crippen LogP contribution in [-0.2, 0) is 6.18 Å². The third kappa shape index (κ3) is 4.28. The van der Waals surface area contributed by atoms with E-state index in [0.717, 1.165) is 17.2 Å². The van der Waals surface area contributed by atoms with Crippen LogP contribution in [0.3, 0.4) is 0 Å². The van der Waals surface area contributed by atoms with E-state index < -0.39 is 17.6 Å². The van der Waals surface area contributed by atoms with Crippen molar-refractivity contribution in [1.29, 1.82) is 0 Å². The van der Waals surface area contributed by atoms with Crippen LogP contribution < -0.4 is 10.6 Å². The summed E-state index contributed by atoms with van der Waals surface area (Å²) in [6.07, 6.45) is -2.65. The molecule has 1 aliphatic heterocycles. The molecule has 2 atom stereocenters. The van der Waals surface area contributed by atoms with Crippen molar-refractivity contribution in [1.82, 2.24) is 10.3 Å². The fraction of sp³-hybridized carbons (Fsp3) is 0.368. The number of amides is 1. The van der Waals surface area contributed by atoms with E-state index in [1.54, 1.807) is 18.2 Å². The number of hydrogen-bond acceptors (Lipinski definition) is 4. The molecule has 1 saturated heterocycles. The quantitative estimate of drug-likeness (QED) is 0.764. The average molecular weight is 379 g/mol. The van der Waals surface area contributed by atoms with Gasteiger partial charge >= 0.3 is 6.18 Å². The normalized spacial score (nSPS) is 19.9.